The summed E-state index contributed by atoms with van der Waals surface area (Å²) >= 11 is 0. The van der Waals surface area contributed by atoms with Crippen molar-refractivity contribution in [2.75, 3.05) is 0 Å². The molecule has 0 atom stereocenters. The molecule has 1 amide bonds. The predicted octanol–water partition coefficient (Wildman–Crippen LogP) is 1.55. The van der Waals surface area contributed by atoms with E-state index in [-0.39, 0.29) is 46.5 Å². The van der Waals surface area contributed by atoms with E-state index in [0.717, 1.165) is 20.6 Å². The second kappa shape index (κ2) is 17.6. The zero-order chi connectivity index (χ0) is 26.0. The van der Waals surface area contributed by atoms with E-state index in [1.165, 1.54) is 31.9 Å². The standard InChI is InChI=1S/C13H9.C12H10Si.C9H11NO.2ClH.Ti/c1-3-7-12-10(5-1)9-11-6-2-4-8-13(11)12;1-3-7-11(8-4-1)13-12-9-5-2-6-10-12;1-6-4-3-5-7(2)8(6)9(10)11;;;/h1-9H;1-10H;3-5H,1-2H3,(H2,10,11);2*1H;/q-1;;;;;+4/p-3. The molecule has 6 rings (SSSR count). The van der Waals surface area contributed by atoms with Crippen LogP contribution in [0.5, 0.6) is 0 Å². The molecule has 0 saturated carbocycles. The number of aryl methyl sites for hydroxylation is 2. The molecule has 0 bridgehead atoms. The monoisotopic (exact) mass is 613 g/mol. The van der Waals surface area contributed by atoms with Crippen LogP contribution in [0.2, 0.25) is 0 Å². The van der Waals surface area contributed by atoms with Crippen LogP contribution in [-0.2, 0) is 21.7 Å². The molecule has 2 radical (unpaired) electrons. The van der Waals surface area contributed by atoms with E-state index in [9.17, 15) is 4.79 Å². The average Bonchev–Trinajstić information content (AvgIpc) is 3.29. The number of nitrogens with one attached hydrogen (secondary N) is 1. The van der Waals surface area contributed by atoms with Gasteiger partial charge in [-0.05, 0) is 25.0 Å². The van der Waals surface area contributed by atoms with Crippen molar-refractivity contribution in [3.8, 4) is 0 Å². The van der Waals surface area contributed by atoms with E-state index in [1.54, 1.807) is 0 Å². The van der Waals surface area contributed by atoms with Gasteiger partial charge in [-0.3, -0.25) is 0 Å². The third-order valence-corrected chi connectivity index (χ3v) is 7.31. The number of benzene rings is 5. The van der Waals surface area contributed by atoms with E-state index >= 15 is 0 Å². The quantitative estimate of drug-likeness (QED) is 0.221. The van der Waals surface area contributed by atoms with E-state index in [2.05, 4.69) is 115 Å². The Bertz CT molecular complexity index is 1500. The number of hydrogen-bond donors (Lipinski definition) is 0. The van der Waals surface area contributed by atoms with Gasteiger partial charge in [0.25, 0.3) is 0 Å². The van der Waals surface area contributed by atoms with Crippen molar-refractivity contribution in [1.82, 2.24) is 0 Å². The fourth-order valence-electron chi connectivity index (χ4n) is 4.29. The van der Waals surface area contributed by atoms with E-state index < -0.39 is 5.91 Å². The van der Waals surface area contributed by atoms with Crippen molar-refractivity contribution in [1.29, 1.82) is 0 Å². The largest absolute Gasteiger partial charge is 4.00 e. The number of carbonyl (C=O) groups excluding carboxylic acids is 1. The molecule has 0 aliphatic carbocycles. The van der Waals surface area contributed by atoms with Crippen LogP contribution >= 0.6 is 0 Å². The van der Waals surface area contributed by atoms with Crippen LogP contribution in [0.3, 0.4) is 0 Å². The molecule has 40 heavy (non-hydrogen) atoms. The van der Waals surface area contributed by atoms with Gasteiger partial charge in [-0.2, -0.15) is 0 Å². The number of fused-ring (bicyclic) bond motifs is 3. The summed E-state index contributed by atoms with van der Waals surface area (Å²) < 4.78 is 0. The van der Waals surface area contributed by atoms with Gasteiger partial charge in [0.05, 0.1) is 5.91 Å². The first-order valence-electron chi connectivity index (χ1n) is 12.3. The minimum absolute atomic E-state index is 0. The van der Waals surface area contributed by atoms with Crippen LogP contribution in [-0.4, -0.2) is 15.4 Å². The second-order valence-corrected chi connectivity index (χ2v) is 10.2. The van der Waals surface area contributed by atoms with Crippen molar-refractivity contribution >= 4 is 47.3 Å². The van der Waals surface area contributed by atoms with Gasteiger partial charge >= 0.3 is 21.7 Å². The Kier molecular flexibility index (Phi) is 15.4. The minimum Gasteiger partial charge on any atom is -1.00 e. The summed E-state index contributed by atoms with van der Waals surface area (Å²) in [5.74, 6) is -0.597. The molecule has 0 aromatic heterocycles. The van der Waals surface area contributed by atoms with Gasteiger partial charge in [0.15, 0.2) is 0 Å². The number of halogens is 2. The second-order valence-electron chi connectivity index (χ2n) is 8.77. The molecule has 0 fully saturated rings. The first kappa shape index (κ1) is 35.0. The fraction of sp³-hybridized carbons (Fsp3) is 0.0588. The first-order valence-corrected chi connectivity index (χ1v) is 13.3. The molecule has 6 aromatic rings. The SMILES string of the molecule is Cc1cccc(C)c1C([NH-])=O.[Cl-].[Cl-].[Ti+4].c1ccc([Si]c2ccccc2)cc1.c1ccc2c(c1)[cH-]c1ccccc12. The van der Waals surface area contributed by atoms with Crippen molar-refractivity contribution in [3.05, 3.63) is 156 Å². The molecule has 6 aromatic carbocycles. The maximum Gasteiger partial charge on any atom is 4.00 e. The number of carbonyl (C=O) groups is 1. The van der Waals surface area contributed by atoms with Crippen molar-refractivity contribution in [3.63, 3.8) is 0 Å². The molecule has 0 heterocycles. The van der Waals surface area contributed by atoms with Gasteiger partial charge in [0.2, 0.25) is 0 Å². The Morgan fingerprint density at radius 3 is 1.32 bits per heavy atom. The summed E-state index contributed by atoms with van der Waals surface area (Å²) in [6, 6.07) is 46.0. The predicted molar refractivity (Wildman–Crippen MR) is 160 cm³/mol. The molecule has 2 nitrogen and oxygen atoms in total. The maximum atomic E-state index is 10.8. The van der Waals surface area contributed by atoms with Crippen LogP contribution in [0.15, 0.2) is 133 Å². The van der Waals surface area contributed by atoms with E-state index in [1.807, 2.05) is 32.0 Å². The van der Waals surface area contributed by atoms with Gasteiger partial charge in [0, 0.05) is 5.56 Å². The molecule has 198 valence electrons. The molecule has 0 aliphatic heterocycles. The van der Waals surface area contributed by atoms with Crippen LogP contribution in [0.25, 0.3) is 27.3 Å². The third-order valence-electron chi connectivity index (χ3n) is 6.07. The number of hydrogen-bond acceptors (Lipinski definition) is 1. The average molecular weight is 614 g/mol. The van der Waals surface area contributed by atoms with Crippen LogP contribution in [0.4, 0.5) is 0 Å². The Hall–Kier alpha value is -3.05. The van der Waals surface area contributed by atoms with E-state index in [4.69, 9.17) is 5.73 Å². The van der Waals surface area contributed by atoms with Gasteiger partial charge in [-0.15, -0.1) is 39.7 Å². The molecule has 6 heteroatoms. The Labute approximate surface area is 266 Å². The van der Waals surface area contributed by atoms with Gasteiger partial charge in [0.1, 0.15) is 9.52 Å². The van der Waals surface area contributed by atoms with E-state index in [0.29, 0.717) is 5.56 Å². The van der Waals surface area contributed by atoms with Crippen molar-refractivity contribution < 1.29 is 51.3 Å². The summed E-state index contributed by atoms with van der Waals surface area (Å²) in [4.78, 5) is 10.8. The Morgan fingerprint density at radius 2 is 0.950 bits per heavy atom. The van der Waals surface area contributed by atoms with Crippen molar-refractivity contribution in [2.45, 2.75) is 13.8 Å². The van der Waals surface area contributed by atoms with Crippen molar-refractivity contribution in [2.24, 2.45) is 0 Å². The van der Waals surface area contributed by atoms with Gasteiger partial charge < -0.3 is 35.3 Å². The topological polar surface area (TPSA) is 40.9 Å². The van der Waals surface area contributed by atoms with Crippen LogP contribution in [0, 0.1) is 13.8 Å². The molecular weight excluding hydrogens is 585 g/mol. The smallest absolute Gasteiger partial charge is 1.00 e. The third kappa shape index (κ3) is 9.55. The number of amides is 1. The fourth-order valence-corrected chi connectivity index (χ4v) is 5.34. The summed E-state index contributed by atoms with van der Waals surface area (Å²) in [7, 11) is 0.777. The summed E-state index contributed by atoms with van der Waals surface area (Å²) in [6.45, 7) is 3.68. The van der Waals surface area contributed by atoms with Crippen LogP contribution in [0.1, 0.15) is 21.5 Å². The normalized spacial score (nSPS) is 9.45. The Morgan fingerprint density at radius 1 is 0.575 bits per heavy atom. The number of rotatable bonds is 3. The Balaban J connectivity index is 0.000000291. The molecule has 0 aliphatic rings. The maximum absolute atomic E-state index is 10.8. The molecule has 0 saturated heterocycles. The van der Waals surface area contributed by atoms with Gasteiger partial charge in [-0.1, -0.05) is 126 Å². The molecular formula is C34H29Cl2NOSiTi. The zero-order valence-electron chi connectivity index (χ0n) is 22.4. The molecule has 1 N–H and O–H groups in total. The summed E-state index contributed by atoms with van der Waals surface area (Å²) in [5, 5.41) is 8.19. The summed E-state index contributed by atoms with van der Waals surface area (Å²) in [6.07, 6.45) is 0. The zero-order valence-corrected chi connectivity index (χ0v) is 26.4. The summed E-state index contributed by atoms with van der Waals surface area (Å²) in [5.41, 5.74) is 9.26. The minimum atomic E-state index is -0.597. The molecule has 0 spiro atoms. The molecule has 0 unspecified atom stereocenters. The van der Waals surface area contributed by atoms with Crippen LogP contribution < -0.4 is 35.2 Å². The first-order chi connectivity index (χ1) is 18.0. The van der Waals surface area contributed by atoms with Gasteiger partial charge in [-0.25, -0.2) is 0 Å².